The van der Waals surface area contributed by atoms with Crippen molar-refractivity contribution in [1.82, 2.24) is 5.32 Å². The summed E-state index contributed by atoms with van der Waals surface area (Å²) >= 11 is 0. The molecular formula is C13H27NO. The summed E-state index contributed by atoms with van der Waals surface area (Å²) in [6.45, 7) is 10.0. The molecule has 2 nitrogen and oxygen atoms in total. The van der Waals surface area contributed by atoms with Gasteiger partial charge in [-0.3, -0.25) is 0 Å². The molecule has 1 aliphatic rings. The standard InChI is InChI=1S/C13H27NO/c1-4-8-14-13(11(3)5-2)12-6-9-15-10-7-12/h11-14H,4-10H2,1-3H3. The average molecular weight is 213 g/mol. The largest absolute Gasteiger partial charge is 0.381 e. The van der Waals surface area contributed by atoms with E-state index in [-0.39, 0.29) is 0 Å². The van der Waals surface area contributed by atoms with Gasteiger partial charge in [-0.15, -0.1) is 0 Å². The number of hydrogen-bond acceptors (Lipinski definition) is 2. The zero-order valence-electron chi connectivity index (χ0n) is 10.6. The summed E-state index contributed by atoms with van der Waals surface area (Å²) < 4.78 is 5.44. The van der Waals surface area contributed by atoms with Crippen LogP contribution in [0.25, 0.3) is 0 Å². The summed E-state index contributed by atoms with van der Waals surface area (Å²) in [4.78, 5) is 0. The van der Waals surface area contributed by atoms with Gasteiger partial charge in [-0.25, -0.2) is 0 Å². The molecule has 2 atom stereocenters. The van der Waals surface area contributed by atoms with E-state index >= 15 is 0 Å². The highest BCUT2D eigenvalue weighted by atomic mass is 16.5. The molecule has 1 N–H and O–H groups in total. The summed E-state index contributed by atoms with van der Waals surface area (Å²) in [5.41, 5.74) is 0. The zero-order chi connectivity index (χ0) is 11.1. The van der Waals surface area contributed by atoms with Crippen LogP contribution < -0.4 is 5.32 Å². The van der Waals surface area contributed by atoms with E-state index in [1.54, 1.807) is 0 Å². The second-order valence-electron chi connectivity index (χ2n) is 4.82. The molecule has 0 bridgehead atoms. The van der Waals surface area contributed by atoms with Gasteiger partial charge in [0.1, 0.15) is 0 Å². The van der Waals surface area contributed by atoms with Gasteiger partial charge in [0.25, 0.3) is 0 Å². The lowest BCUT2D eigenvalue weighted by molar-refractivity contribution is 0.0455. The van der Waals surface area contributed by atoms with Crippen LogP contribution in [0.4, 0.5) is 0 Å². The first-order chi connectivity index (χ1) is 7.29. The Hall–Kier alpha value is -0.0800. The Balaban J connectivity index is 2.45. The Morgan fingerprint density at radius 2 is 1.93 bits per heavy atom. The highest BCUT2D eigenvalue weighted by Crippen LogP contribution is 2.25. The molecule has 0 amide bonds. The van der Waals surface area contributed by atoms with Crippen LogP contribution in [0.3, 0.4) is 0 Å². The van der Waals surface area contributed by atoms with E-state index in [9.17, 15) is 0 Å². The van der Waals surface area contributed by atoms with E-state index in [4.69, 9.17) is 4.74 Å². The summed E-state index contributed by atoms with van der Waals surface area (Å²) in [6.07, 6.45) is 4.99. The molecule has 0 aliphatic carbocycles. The van der Waals surface area contributed by atoms with E-state index < -0.39 is 0 Å². The lowest BCUT2D eigenvalue weighted by Gasteiger charge is -2.34. The predicted octanol–water partition coefficient (Wildman–Crippen LogP) is 2.83. The Labute approximate surface area is 94.8 Å². The maximum atomic E-state index is 5.44. The van der Waals surface area contributed by atoms with E-state index in [0.717, 1.165) is 31.6 Å². The molecule has 0 spiro atoms. The molecule has 0 aromatic rings. The minimum atomic E-state index is 0.707. The third kappa shape index (κ3) is 4.12. The molecule has 0 saturated carbocycles. The van der Waals surface area contributed by atoms with Gasteiger partial charge in [0.05, 0.1) is 0 Å². The van der Waals surface area contributed by atoms with Crippen molar-refractivity contribution in [3.8, 4) is 0 Å². The molecule has 15 heavy (non-hydrogen) atoms. The maximum absolute atomic E-state index is 5.44. The van der Waals surface area contributed by atoms with Crippen LogP contribution in [-0.2, 0) is 4.74 Å². The Morgan fingerprint density at radius 3 is 2.47 bits per heavy atom. The van der Waals surface area contributed by atoms with Crippen LogP contribution >= 0.6 is 0 Å². The lowest BCUT2D eigenvalue weighted by atomic mass is 9.83. The van der Waals surface area contributed by atoms with E-state index in [1.807, 2.05) is 0 Å². The molecule has 90 valence electrons. The summed E-state index contributed by atoms with van der Waals surface area (Å²) in [6, 6.07) is 0.707. The monoisotopic (exact) mass is 213 g/mol. The van der Waals surface area contributed by atoms with Crippen molar-refractivity contribution in [3.63, 3.8) is 0 Å². The molecule has 0 radical (unpaired) electrons. The third-order valence-electron chi connectivity index (χ3n) is 3.66. The summed E-state index contributed by atoms with van der Waals surface area (Å²) in [5, 5.41) is 3.73. The maximum Gasteiger partial charge on any atom is 0.0469 e. The van der Waals surface area contributed by atoms with E-state index in [2.05, 4.69) is 26.1 Å². The van der Waals surface area contributed by atoms with Crippen LogP contribution in [0.5, 0.6) is 0 Å². The lowest BCUT2D eigenvalue weighted by Crippen LogP contribution is -2.43. The zero-order valence-corrected chi connectivity index (χ0v) is 10.6. The Kier molecular flexibility index (Phi) is 6.26. The van der Waals surface area contributed by atoms with Crippen molar-refractivity contribution in [2.24, 2.45) is 11.8 Å². The fourth-order valence-corrected chi connectivity index (χ4v) is 2.47. The Bertz CT molecular complexity index is 155. The molecule has 1 saturated heterocycles. The molecule has 2 unspecified atom stereocenters. The van der Waals surface area contributed by atoms with Gasteiger partial charge in [-0.05, 0) is 37.6 Å². The quantitative estimate of drug-likeness (QED) is 0.732. The van der Waals surface area contributed by atoms with Crippen LogP contribution in [0.2, 0.25) is 0 Å². The van der Waals surface area contributed by atoms with Gasteiger partial charge in [0.15, 0.2) is 0 Å². The third-order valence-corrected chi connectivity index (χ3v) is 3.66. The molecule has 1 rings (SSSR count). The second kappa shape index (κ2) is 7.24. The molecule has 0 aromatic heterocycles. The van der Waals surface area contributed by atoms with Crippen molar-refractivity contribution in [1.29, 1.82) is 0 Å². The SMILES string of the molecule is CCCNC(C(C)CC)C1CCOCC1. The normalized spacial score (nSPS) is 22.6. The van der Waals surface area contributed by atoms with Crippen molar-refractivity contribution < 1.29 is 4.74 Å². The van der Waals surface area contributed by atoms with E-state index in [1.165, 1.54) is 25.7 Å². The van der Waals surface area contributed by atoms with Gasteiger partial charge in [-0.1, -0.05) is 27.2 Å². The van der Waals surface area contributed by atoms with Gasteiger partial charge in [0, 0.05) is 19.3 Å². The minimum Gasteiger partial charge on any atom is -0.381 e. The van der Waals surface area contributed by atoms with Crippen LogP contribution in [0, 0.1) is 11.8 Å². The number of hydrogen-bond donors (Lipinski definition) is 1. The van der Waals surface area contributed by atoms with Gasteiger partial charge >= 0.3 is 0 Å². The van der Waals surface area contributed by atoms with E-state index in [0.29, 0.717) is 6.04 Å². The smallest absolute Gasteiger partial charge is 0.0469 e. The van der Waals surface area contributed by atoms with Crippen LogP contribution in [0.1, 0.15) is 46.5 Å². The van der Waals surface area contributed by atoms with Crippen molar-refractivity contribution in [2.45, 2.75) is 52.5 Å². The Morgan fingerprint density at radius 1 is 1.27 bits per heavy atom. The number of ether oxygens (including phenoxy) is 1. The fraction of sp³-hybridized carbons (Fsp3) is 1.00. The highest BCUT2D eigenvalue weighted by molar-refractivity contribution is 4.82. The molecule has 0 aromatic carbocycles. The van der Waals surface area contributed by atoms with Crippen molar-refractivity contribution in [2.75, 3.05) is 19.8 Å². The fourth-order valence-electron chi connectivity index (χ4n) is 2.47. The highest BCUT2D eigenvalue weighted by Gasteiger charge is 2.26. The average Bonchev–Trinajstić information content (AvgIpc) is 2.30. The molecule has 2 heteroatoms. The van der Waals surface area contributed by atoms with Gasteiger partial charge in [-0.2, -0.15) is 0 Å². The molecule has 1 aliphatic heterocycles. The van der Waals surface area contributed by atoms with Crippen molar-refractivity contribution in [3.05, 3.63) is 0 Å². The minimum absolute atomic E-state index is 0.707. The molecule has 1 fully saturated rings. The summed E-state index contributed by atoms with van der Waals surface area (Å²) in [5.74, 6) is 1.62. The van der Waals surface area contributed by atoms with Crippen LogP contribution in [0.15, 0.2) is 0 Å². The topological polar surface area (TPSA) is 21.3 Å². The number of rotatable bonds is 6. The second-order valence-corrected chi connectivity index (χ2v) is 4.82. The summed E-state index contributed by atoms with van der Waals surface area (Å²) in [7, 11) is 0. The number of nitrogens with one attached hydrogen (secondary N) is 1. The predicted molar refractivity (Wildman–Crippen MR) is 65.1 cm³/mol. The first-order valence-corrected chi connectivity index (χ1v) is 6.60. The molecule has 1 heterocycles. The molecular weight excluding hydrogens is 186 g/mol. The van der Waals surface area contributed by atoms with Crippen LogP contribution in [-0.4, -0.2) is 25.8 Å². The van der Waals surface area contributed by atoms with Gasteiger partial charge in [0.2, 0.25) is 0 Å². The first-order valence-electron chi connectivity index (χ1n) is 6.60. The first kappa shape index (κ1) is 13.0. The van der Waals surface area contributed by atoms with Gasteiger partial charge < -0.3 is 10.1 Å². The van der Waals surface area contributed by atoms with Crippen molar-refractivity contribution >= 4 is 0 Å².